The Morgan fingerprint density at radius 2 is 2.31 bits per heavy atom. The summed E-state index contributed by atoms with van der Waals surface area (Å²) in [5.41, 5.74) is 6.22. The molecule has 0 atom stereocenters. The average Bonchev–Trinajstić information content (AvgIpc) is 2.29. The third-order valence-electron chi connectivity index (χ3n) is 1.81. The molecule has 1 aromatic heterocycles. The number of amidine groups is 1. The van der Waals surface area contributed by atoms with E-state index in [-0.39, 0.29) is 30.4 Å². The highest BCUT2D eigenvalue weighted by molar-refractivity contribution is 5.92. The summed E-state index contributed by atoms with van der Waals surface area (Å²) in [6, 6.07) is 0. The monoisotopic (exact) mass is 223 g/mol. The maximum absolute atomic E-state index is 11.5. The summed E-state index contributed by atoms with van der Waals surface area (Å²) in [7, 11) is 0. The highest BCUT2D eigenvalue weighted by Gasteiger charge is 2.06. The summed E-state index contributed by atoms with van der Waals surface area (Å²) in [4.78, 5) is 19.3. The number of hydrogen-bond acceptors (Lipinski definition) is 5. The Labute approximate surface area is 92.4 Å². The Hall–Kier alpha value is -2.18. The van der Waals surface area contributed by atoms with Gasteiger partial charge in [-0.2, -0.15) is 0 Å². The minimum absolute atomic E-state index is 0.0651. The number of nitrogens with zero attached hydrogens (tertiary/aromatic N) is 3. The van der Waals surface area contributed by atoms with Crippen molar-refractivity contribution in [1.82, 2.24) is 15.3 Å². The predicted octanol–water partition coefficient (Wildman–Crippen LogP) is -0.349. The third kappa shape index (κ3) is 3.52. The van der Waals surface area contributed by atoms with Gasteiger partial charge in [0.1, 0.15) is 11.5 Å². The van der Waals surface area contributed by atoms with Crippen LogP contribution < -0.4 is 11.1 Å². The lowest BCUT2D eigenvalue weighted by Crippen LogP contribution is -2.28. The van der Waals surface area contributed by atoms with E-state index >= 15 is 0 Å². The van der Waals surface area contributed by atoms with Crippen molar-refractivity contribution >= 4 is 11.7 Å². The molecule has 0 aliphatic carbocycles. The first-order valence-electron chi connectivity index (χ1n) is 4.66. The second-order valence-electron chi connectivity index (χ2n) is 3.14. The number of nitrogens with two attached hydrogens (primary N) is 1. The molecule has 1 rings (SSSR count). The van der Waals surface area contributed by atoms with Gasteiger partial charge in [-0.05, 0) is 6.92 Å². The molecule has 0 saturated carbocycles. The molecule has 86 valence electrons. The third-order valence-corrected chi connectivity index (χ3v) is 1.81. The SMILES string of the molecule is Cc1cnc(C(=O)NCCC(N)=NO)cn1. The number of nitrogens with one attached hydrogen (secondary N) is 1. The molecule has 0 aliphatic heterocycles. The summed E-state index contributed by atoms with van der Waals surface area (Å²) >= 11 is 0. The molecule has 1 amide bonds. The molecule has 0 spiro atoms. The van der Waals surface area contributed by atoms with Crippen LogP contribution in [0.25, 0.3) is 0 Å². The summed E-state index contributed by atoms with van der Waals surface area (Å²) < 4.78 is 0. The van der Waals surface area contributed by atoms with E-state index < -0.39 is 0 Å². The standard InChI is InChI=1S/C9H13N5O2/c1-6-4-13-7(5-12-6)9(15)11-3-2-8(10)14-16/h4-5,16H,2-3H2,1H3,(H2,10,14)(H,11,15). The van der Waals surface area contributed by atoms with Crippen molar-refractivity contribution < 1.29 is 10.0 Å². The van der Waals surface area contributed by atoms with Gasteiger partial charge in [-0.15, -0.1) is 0 Å². The second-order valence-corrected chi connectivity index (χ2v) is 3.14. The molecule has 4 N–H and O–H groups in total. The van der Waals surface area contributed by atoms with Gasteiger partial charge >= 0.3 is 0 Å². The van der Waals surface area contributed by atoms with E-state index in [2.05, 4.69) is 20.4 Å². The van der Waals surface area contributed by atoms with Crippen LogP contribution in [0.5, 0.6) is 0 Å². The first-order chi connectivity index (χ1) is 7.63. The van der Waals surface area contributed by atoms with E-state index in [9.17, 15) is 4.79 Å². The topological polar surface area (TPSA) is 113 Å². The predicted molar refractivity (Wildman–Crippen MR) is 57.1 cm³/mol. The van der Waals surface area contributed by atoms with E-state index in [1.165, 1.54) is 12.4 Å². The first kappa shape index (κ1) is 11.9. The average molecular weight is 223 g/mol. The highest BCUT2D eigenvalue weighted by Crippen LogP contribution is 1.93. The Balaban J connectivity index is 2.44. The maximum atomic E-state index is 11.5. The number of aromatic nitrogens is 2. The van der Waals surface area contributed by atoms with Crippen LogP contribution in [0.3, 0.4) is 0 Å². The van der Waals surface area contributed by atoms with Crippen molar-refractivity contribution in [2.24, 2.45) is 10.9 Å². The number of carbonyl (C=O) groups excluding carboxylic acids is 1. The molecule has 7 nitrogen and oxygen atoms in total. The lowest BCUT2D eigenvalue weighted by Gasteiger charge is -2.03. The summed E-state index contributed by atoms with van der Waals surface area (Å²) in [6.07, 6.45) is 3.19. The van der Waals surface area contributed by atoms with Crippen LogP contribution in [0.2, 0.25) is 0 Å². The fourth-order valence-electron chi connectivity index (χ4n) is 0.955. The Kier molecular flexibility index (Phi) is 4.19. The van der Waals surface area contributed by atoms with Crippen molar-refractivity contribution in [1.29, 1.82) is 0 Å². The van der Waals surface area contributed by atoms with Gasteiger partial charge in [0, 0.05) is 19.2 Å². The van der Waals surface area contributed by atoms with Crippen LogP contribution >= 0.6 is 0 Å². The van der Waals surface area contributed by atoms with Crippen LogP contribution in [0.4, 0.5) is 0 Å². The second kappa shape index (κ2) is 5.64. The molecule has 0 radical (unpaired) electrons. The van der Waals surface area contributed by atoms with Crippen LogP contribution in [0, 0.1) is 6.92 Å². The molecule has 16 heavy (non-hydrogen) atoms. The van der Waals surface area contributed by atoms with Gasteiger partial charge in [-0.3, -0.25) is 9.78 Å². The molecule has 0 unspecified atom stereocenters. The number of hydrogen-bond donors (Lipinski definition) is 3. The van der Waals surface area contributed by atoms with Gasteiger partial charge in [0.05, 0.1) is 11.9 Å². The van der Waals surface area contributed by atoms with Crippen molar-refractivity contribution in [3.63, 3.8) is 0 Å². The largest absolute Gasteiger partial charge is 0.409 e. The number of rotatable bonds is 4. The molecular weight excluding hydrogens is 210 g/mol. The molecule has 0 fully saturated rings. The van der Waals surface area contributed by atoms with Crippen LogP contribution in [0.15, 0.2) is 17.5 Å². The van der Waals surface area contributed by atoms with E-state index in [4.69, 9.17) is 10.9 Å². The van der Waals surface area contributed by atoms with E-state index in [1.54, 1.807) is 6.92 Å². The molecule has 1 heterocycles. The van der Waals surface area contributed by atoms with E-state index in [0.717, 1.165) is 5.69 Å². The van der Waals surface area contributed by atoms with Gasteiger partial charge < -0.3 is 16.3 Å². The highest BCUT2D eigenvalue weighted by atomic mass is 16.4. The molecule has 0 bridgehead atoms. The molecule has 0 aromatic carbocycles. The van der Waals surface area contributed by atoms with Gasteiger partial charge in [0.15, 0.2) is 0 Å². The Morgan fingerprint density at radius 3 is 2.88 bits per heavy atom. The molecule has 7 heteroatoms. The van der Waals surface area contributed by atoms with Crippen molar-refractivity contribution in [3.8, 4) is 0 Å². The van der Waals surface area contributed by atoms with Gasteiger partial charge in [0.25, 0.3) is 5.91 Å². The first-order valence-corrected chi connectivity index (χ1v) is 4.66. The Bertz CT molecular complexity index is 387. The van der Waals surface area contributed by atoms with Crippen molar-refractivity contribution in [3.05, 3.63) is 23.8 Å². The van der Waals surface area contributed by atoms with E-state index in [0.29, 0.717) is 0 Å². The summed E-state index contributed by atoms with van der Waals surface area (Å²) in [5, 5.41) is 13.6. The maximum Gasteiger partial charge on any atom is 0.271 e. The number of carbonyl (C=O) groups is 1. The van der Waals surface area contributed by atoms with Gasteiger partial charge in [0.2, 0.25) is 0 Å². The van der Waals surface area contributed by atoms with E-state index in [1.807, 2.05) is 0 Å². The summed E-state index contributed by atoms with van der Waals surface area (Å²) in [6.45, 7) is 2.07. The lowest BCUT2D eigenvalue weighted by molar-refractivity contribution is 0.0949. The Morgan fingerprint density at radius 1 is 1.56 bits per heavy atom. The minimum atomic E-state index is -0.335. The van der Waals surface area contributed by atoms with Crippen LogP contribution in [0.1, 0.15) is 22.6 Å². The van der Waals surface area contributed by atoms with Crippen molar-refractivity contribution in [2.45, 2.75) is 13.3 Å². The van der Waals surface area contributed by atoms with Crippen molar-refractivity contribution in [2.75, 3.05) is 6.54 Å². The number of amides is 1. The lowest BCUT2D eigenvalue weighted by atomic mass is 10.3. The van der Waals surface area contributed by atoms with Gasteiger partial charge in [-0.1, -0.05) is 5.16 Å². The normalized spacial score (nSPS) is 11.2. The molecular formula is C9H13N5O2. The fraction of sp³-hybridized carbons (Fsp3) is 0.333. The quantitative estimate of drug-likeness (QED) is 0.279. The van der Waals surface area contributed by atoms with Crippen LogP contribution in [-0.4, -0.2) is 33.5 Å². The van der Waals surface area contributed by atoms with Crippen LogP contribution in [-0.2, 0) is 0 Å². The molecule has 0 saturated heterocycles. The molecule has 0 aliphatic rings. The zero-order chi connectivity index (χ0) is 12.0. The zero-order valence-corrected chi connectivity index (χ0v) is 8.84. The smallest absolute Gasteiger partial charge is 0.271 e. The number of oxime groups is 1. The minimum Gasteiger partial charge on any atom is -0.409 e. The zero-order valence-electron chi connectivity index (χ0n) is 8.84. The number of aryl methyl sites for hydroxylation is 1. The fourth-order valence-corrected chi connectivity index (χ4v) is 0.955. The van der Waals surface area contributed by atoms with Gasteiger partial charge in [-0.25, -0.2) is 4.98 Å². The summed E-state index contributed by atoms with van der Waals surface area (Å²) in [5.74, 6) is -0.270. The molecule has 1 aromatic rings.